The molecule has 0 heterocycles. The topological polar surface area (TPSA) is 38.0 Å². The zero-order valence-electron chi connectivity index (χ0n) is 8.76. The van der Waals surface area contributed by atoms with E-state index in [-0.39, 0.29) is 5.82 Å². The highest BCUT2D eigenvalue weighted by atomic mass is 79.9. The minimum absolute atomic E-state index is 0.231. The first-order valence-electron chi connectivity index (χ1n) is 5.06. The predicted molar refractivity (Wildman–Crippen MR) is 65.4 cm³/mol. The van der Waals surface area contributed by atoms with Gasteiger partial charge in [0.15, 0.2) is 0 Å². The molecule has 0 aromatic heterocycles. The molecule has 0 radical (unpaired) electrons. The van der Waals surface area contributed by atoms with Crippen molar-refractivity contribution < 1.29 is 4.39 Å². The zero-order valence-corrected chi connectivity index (χ0v) is 10.3. The zero-order chi connectivity index (χ0) is 11.3. The van der Waals surface area contributed by atoms with Gasteiger partial charge in [0, 0.05) is 11.0 Å². The third-order valence-corrected chi connectivity index (χ3v) is 2.91. The maximum Gasteiger partial charge on any atom is 0.146 e. The van der Waals surface area contributed by atoms with E-state index in [0.29, 0.717) is 24.7 Å². The number of anilines is 1. The Morgan fingerprint density at radius 3 is 2.87 bits per heavy atom. The fraction of sp³-hybridized carbons (Fsp3) is 0.455. The maximum absolute atomic E-state index is 13.3. The van der Waals surface area contributed by atoms with E-state index in [0.717, 1.165) is 10.9 Å². The summed E-state index contributed by atoms with van der Waals surface area (Å²) in [7, 11) is 0. The van der Waals surface area contributed by atoms with Crippen LogP contribution < -0.4 is 11.1 Å². The van der Waals surface area contributed by atoms with Gasteiger partial charge in [-0.2, -0.15) is 0 Å². The van der Waals surface area contributed by atoms with Crippen LogP contribution in [-0.2, 0) is 0 Å². The van der Waals surface area contributed by atoms with E-state index in [4.69, 9.17) is 5.73 Å². The summed E-state index contributed by atoms with van der Waals surface area (Å²) in [4.78, 5) is 0. The molecule has 0 saturated heterocycles. The van der Waals surface area contributed by atoms with Crippen molar-refractivity contribution in [3.63, 3.8) is 0 Å². The molecule has 1 aromatic rings. The third kappa shape index (κ3) is 3.80. The van der Waals surface area contributed by atoms with Crippen LogP contribution in [-0.4, -0.2) is 13.1 Å². The van der Waals surface area contributed by atoms with E-state index < -0.39 is 0 Å². The summed E-state index contributed by atoms with van der Waals surface area (Å²) in [6, 6.07) is 4.86. The average Bonchev–Trinajstić information content (AvgIpc) is 2.24. The summed E-state index contributed by atoms with van der Waals surface area (Å²) in [5.74, 6) is 0.161. The molecule has 0 aliphatic rings. The van der Waals surface area contributed by atoms with Crippen LogP contribution in [0.15, 0.2) is 22.7 Å². The maximum atomic E-state index is 13.3. The van der Waals surface area contributed by atoms with Gasteiger partial charge >= 0.3 is 0 Å². The largest absolute Gasteiger partial charge is 0.382 e. The lowest BCUT2D eigenvalue weighted by atomic mass is 10.1. The molecular formula is C11H16BrFN2. The number of halogens is 2. The van der Waals surface area contributed by atoms with Crippen LogP contribution >= 0.6 is 15.9 Å². The van der Waals surface area contributed by atoms with Crippen LogP contribution in [0.25, 0.3) is 0 Å². The van der Waals surface area contributed by atoms with E-state index in [1.807, 2.05) is 0 Å². The van der Waals surface area contributed by atoms with Gasteiger partial charge in [-0.25, -0.2) is 4.39 Å². The Hall–Kier alpha value is -0.610. The Labute approximate surface area is 98.2 Å². The van der Waals surface area contributed by atoms with Gasteiger partial charge in [0.2, 0.25) is 0 Å². The molecule has 1 rings (SSSR count). The molecule has 15 heavy (non-hydrogen) atoms. The Bertz CT molecular complexity index is 313. The van der Waals surface area contributed by atoms with Crippen molar-refractivity contribution in [1.29, 1.82) is 0 Å². The van der Waals surface area contributed by atoms with E-state index in [1.165, 1.54) is 6.07 Å². The van der Waals surface area contributed by atoms with Crippen molar-refractivity contribution in [2.24, 2.45) is 11.7 Å². The molecule has 84 valence electrons. The van der Waals surface area contributed by atoms with Gasteiger partial charge in [-0.1, -0.05) is 29.3 Å². The lowest BCUT2D eigenvalue weighted by molar-refractivity contribution is 0.545. The van der Waals surface area contributed by atoms with Crippen LogP contribution in [0.3, 0.4) is 0 Å². The first-order chi connectivity index (χ1) is 7.17. The Kier molecular flexibility index (Phi) is 5.05. The van der Waals surface area contributed by atoms with Crippen molar-refractivity contribution in [3.05, 3.63) is 28.5 Å². The fourth-order valence-electron chi connectivity index (χ4n) is 1.28. The smallest absolute Gasteiger partial charge is 0.146 e. The Morgan fingerprint density at radius 2 is 2.27 bits per heavy atom. The second-order valence-electron chi connectivity index (χ2n) is 3.52. The van der Waals surface area contributed by atoms with Crippen molar-refractivity contribution in [3.8, 4) is 0 Å². The van der Waals surface area contributed by atoms with Crippen molar-refractivity contribution in [1.82, 2.24) is 0 Å². The van der Waals surface area contributed by atoms with Gasteiger partial charge in [-0.3, -0.25) is 0 Å². The Morgan fingerprint density at radius 1 is 1.53 bits per heavy atom. The highest BCUT2D eigenvalue weighted by Crippen LogP contribution is 2.20. The second kappa shape index (κ2) is 6.08. The van der Waals surface area contributed by atoms with E-state index in [2.05, 4.69) is 28.2 Å². The molecule has 3 N–H and O–H groups in total. The highest BCUT2D eigenvalue weighted by Gasteiger charge is 2.06. The number of nitrogens with one attached hydrogen (secondary N) is 1. The molecule has 0 spiro atoms. The van der Waals surface area contributed by atoms with Crippen molar-refractivity contribution in [2.75, 3.05) is 18.4 Å². The number of rotatable bonds is 5. The summed E-state index contributed by atoms with van der Waals surface area (Å²) in [6.07, 6.45) is 0.999. The lowest BCUT2D eigenvalue weighted by Gasteiger charge is -2.14. The molecule has 0 aliphatic heterocycles. The molecule has 0 amide bonds. The summed E-state index contributed by atoms with van der Waals surface area (Å²) >= 11 is 3.31. The Balaban J connectivity index is 2.60. The average molecular weight is 275 g/mol. The first-order valence-corrected chi connectivity index (χ1v) is 5.85. The number of hydrogen-bond acceptors (Lipinski definition) is 2. The van der Waals surface area contributed by atoms with E-state index in [9.17, 15) is 4.39 Å². The van der Waals surface area contributed by atoms with Crippen LogP contribution in [0.4, 0.5) is 10.1 Å². The number of nitrogens with two attached hydrogens (primary N) is 1. The lowest BCUT2D eigenvalue weighted by Crippen LogP contribution is -2.22. The minimum Gasteiger partial charge on any atom is -0.382 e. The molecular weight excluding hydrogens is 259 g/mol. The molecule has 0 fully saturated rings. The van der Waals surface area contributed by atoms with E-state index in [1.54, 1.807) is 12.1 Å². The summed E-state index contributed by atoms with van der Waals surface area (Å²) in [6.45, 7) is 3.41. The van der Waals surface area contributed by atoms with Crippen LogP contribution in [0.5, 0.6) is 0 Å². The molecule has 2 nitrogen and oxygen atoms in total. The molecule has 1 atom stereocenters. The van der Waals surface area contributed by atoms with Gasteiger partial charge in [-0.05, 0) is 30.7 Å². The van der Waals surface area contributed by atoms with Gasteiger partial charge < -0.3 is 11.1 Å². The number of benzene rings is 1. The molecule has 1 unspecified atom stereocenters. The third-order valence-electron chi connectivity index (χ3n) is 2.42. The van der Waals surface area contributed by atoms with Crippen molar-refractivity contribution in [2.45, 2.75) is 13.3 Å². The number of hydrogen-bond donors (Lipinski definition) is 2. The van der Waals surface area contributed by atoms with Gasteiger partial charge in [-0.15, -0.1) is 0 Å². The summed E-state index contributed by atoms with van der Waals surface area (Å²) in [5, 5.41) is 3.07. The standard InChI is InChI=1S/C11H16BrFN2/c1-2-8(6-14)7-15-11-5-9(12)3-4-10(11)13/h3-5,8,15H,2,6-7,14H2,1H3. The quantitative estimate of drug-likeness (QED) is 0.867. The van der Waals surface area contributed by atoms with Gasteiger partial charge in [0.05, 0.1) is 5.69 Å². The summed E-state index contributed by atoms with van der Waals surface area (Å²) < 4.78 is 14.2. The molecule has 0 saturated carbocycles. The molecule has 0 aliphatic carbocycles. The highest BCUT2D eigenvalue weighted by molar-refractivity contribution is 9.10. The van der Waals surface area contributed by atoms with Gasteiger partial charge in [0.25, 0.3) is 0 Å². The van der Waals surface area contributed by atoms with Crippen LogP contribution in [0.1, 0.15) is 13.3 Å². The monoisotopic (exact) mass is 274 g/mol. The molecule has 1 aromatic carbocycles. The summed E-state index contributed by atoms with van der Waals surface area (Å²) in [5.41, 5.74) is 6.10. The first kappa shape index (κ1) is 12.5. The fourth-order valence-corrected chi connectivity index (χ4v) is 1.64. The SMILES string of the molecule is CCC(CN)CNc1cc(Br)ccc1F. The van der Waals surface area contributed by atoms with Gasteiger partial charge in [0.1, 0.15) is 5.82 Å². The van der Waals surface area contributed by atoms with Crippen LogP contribution in [0.2, 0.25) is 0 Å². The second-order valence-corrected chi connectivity index (χ2v) is 4.43. The molecule has 4 heteroatoms. The van der Waals surface area contributed by atoms with Crippen molar-refractivity contribution >= 4 is 21.6 Å². The van der Waals surface area contributed by atoms with Crippen LogP contribution in [0, 0.1) is 11.7 Å². The van der Waals surface area contributed by atoms with E-state index >= 15 is 0 Å². The predicted octanol–water partition coefficient (Wildman–Crippen LogP) is 2.99. The molecule has 0 bridgehead atoms. The minimum atomic E-state index is -0.231. The normalized spacial score (nSPS) is 12.5.